The van der Waals surface area contributed by atoms with Gasteiger partial charge in [-0.25, -0.2) is 0 Å². The van der Waals surface area contributed by atoms with Gasteiger partial charge >= 0.3 is 0 Å². The third-order valence-corrected chi connectivity index (χ3v) is 2.34. The van der Waals surface area contributed by atoms with E-state index in [2.05, 4.69) is 51.6 Å². The van der Waals surface area contributed by atoms with Crippen molar-refractivity contribution < 1.29 is 0 Å². The molecule has 1 unspecified atom stereocenters. The van der Waals surface area contributed by atoms with E-state index >= 15 is 0 Å². The Morgan fingerprint density at radius 3 is 2.00 bits per heavy atom. The topological polar surface area (TPSA) is 3.24 Å². The number of hydrogen-bond donors (Lipinski definition) is 0. The molecule has 0 saturated carbocycles. The van der Waals surface area contributed by atoms with Crippen LogP contribution >= 0.6 is 9.24 Å². The van der Waals surface area contributed by atoms with Crippen molar-refractivity contribution in [2.75, 3.05) is 18.0 Å². The van der Waals surface area contributed by atoms with Crippen molar-refractivity contribution >= 4 is 20.2 Å². The highest BCUT2D eigenvalue weighted by Gasteiger charge is 2.00. The first kappa shape index (κ1) is 11.0. The Labute approximate surface area is 88.3 Å². The van der Waals surface area contributed by atoms with Gasteiger partial charge in [-0.3, -0.25) is 0 Å². The van der Waals surface area contributed by atoms with Crippen LogP contribution in [-0.2, 0) is 0 Å². The third kappa shape index (κ3) is 3.01. The van der Waals surface area contributed by atoms with E-state index in [4.69, 9.17) is 0 Å². The summed E-state index contributed by atoms with van der Waals surface area (Å²) < 4.78 is 0. The van der Waals surface area contributed by atoms with Crippen LogP contribution in [0.2, 0.25) is 0 Å². The van der Waals surface area contributed by atoms with E-state index in [1.165, 1.54) is 11.0 Å². The molecule has 0 saturated heterocycles. The zero-order valence-corrected chi connectivity index (χ0v) is 9.47. The molecule has 1 nitrogen and oxygen atoms in total. The predicted octanol–water partition coefficient (Wildman–Crippen LogP) is 2.37. The van der Waals surface area contributed by atoms with Gasteiger partial charge in [0.25, 0.3) is 0 Å². The average molecular weight is 205 g/mol. The first-order valence-corrected chi connectivity index (χ1v) is 5.18. The Morgan fingerprint density at radius 1 is 1.07 bits per heavy atom. The SMILES string of the molecule is C=CCN(CC=C)c1ccc(P)cc1. The zero-order valence-electron chi connectivity index (χ0n) is 8.32. The molecule has 0 aliphatic heterocycles. The second-order valence-corrected chi connectivity index (χ2v) is 3.74. The van der Waals surface area contributed by atoms with Crippen LogP contribution in [0.1, 0.15) is 0 Å². The van der Waals surface area contributed by atoms with Crippen molar-refractivity contribution in [3.8, 4) is 0 Å². The summed E-state index contributed by atoms with van der Waals surface area (Å²) in [5.74, 6) is 0. The molecule has 0 N–H and O–H groups in total. The molecule has 1 aromatic rings. The summed E-state index contributed by atoms with van der Waals surface area (Å²) in [5, 5.41) is 1.20. The Kier molecular flexibility index (Phi) is 4.42. The lowest BCUT2D eigenvalue weighted by Crippen LogP contribution is -2.23. The minimum Gasteiger partial charge on any atom is -0.364 e. The van der Waals surface area contributed by atoms with E-state index in [0.29, 0.717) is 0 Å². The molecule has 1 rings (SSSR count). The molecule has 14 heavy (non-hydrogen) atoms. The predicted molar refractivity (Wildman–Crippen MR) is 68.4 cm³/mol. The number of nitrogens with zero attached hydrogens (tertiary/aromatic N) is 1. The molecular formula is C12H16NP. The average Bonchev–Trinajstić information content (AvgIpc) is 2.19. The summed E-state index contributed by atoms with van der Waals surface area (Å²) in [6.07, 6.45) is 3.80. The second kappa shape index (κ2) is 5.62. The summed E-state index contributed by atoms with van der Waals surface area (Å²) >= 11 is 0. The van der Waals surface area contributed by atoms with Crippen LogP contribution in [0.4, 0.5) is 5.69 Å². The van der Waals surface area contributed by atoms with E-state index in [-0.39, 0.29) is 0 Å². The Balaban J connectivity index is 2.80. The van der Waals surface area contributed by atoms with Crippen molar-refractivity contribution in [3.63, 3.8) is 0 Å². The van der Waals surface area contributed by atoms with Crippen LogP contribution in [0.25, 0.3) is 0 Å². The van der Waals surface area contributed by atoms with Gasteiger partial charge in [-0.2, -0.15) is 0 Å². The van der Waals surface area contributed by atoms with Crippen LogP contribution < -0.4 is 10.2 Å². The van der Waals surface area contributed by atoms with Crippen molar-refractivity contribution in [2.24, 2.45) is 0 Å². The fourth-order valence-corrected chi connectivity index (χ4v) is 1.47. The van der Waals surface area contributed by atoms with Gasteiger partial charge in [0.15, 0.2) is 0 Å². The molecule has 0 fully saturated rings. The maximum Gasteiger partial charge on any atom is 0.0372 e. The van der Waals surface area contributed by atoms with Gasteiger partial charge in [0.2, 0.25) is 0 Å². The summed E-state index contributed by atoms with van der Waals surface area (Å²) in [7, 11) is 2.68. The quantitative estimate of drug-likeness (QED) is 0.527. The minimum atomic E-state index is 0.849. The molecule has 2 heteroatoms. The second-order valence-electron chi connectivity index (χ2n) is 3.07. The third-order valence-electron chi connectivity index (χ3n) is 1.96. The highest BCUT2D eigenvalue weighted by molar-refractivity contribution is 7.27. The number of rotatable bonds is 5. The van der Waals surface area contributed by atoms with Gasteiger partial charge in [0, 0.05) is 18.8 Å². The molecule has 0 bridgehead atoms. The van der Waals surface area contributed by atoms with E-state index in [0.717, 1.165) is 13.1 Å². The van der Waals surface area contributed by atoms with Crippen LogP contribution in [0.3, 0.4) is 0 Å². The van der Waals surface area contributed by atoms with Gasteiger partial charge in [0.05, 0.1) is 0 Å². The molecule has 0 aliphatic rings. The molecule has 0 heterocycles. The normalized spacial score (nSPS) is 9.50. The van der Waals surface area contributed by atoms with Crippen LogP contribution in [0.15, 0.2) is 49.6 Å². The van der Waals surface area contributed by atoms with Crippen LogP contribution in [0.5, 0.6) is 0 Å². The van der Waals surface area contributed by atoms with Crippen LogP contribution in [-0.4, -0.2) is 13.1 Å². The van der Waals surface area contributed by atoms with Crippen LogP contribution in [0, 0.1) is 0 Å². The molecule has 1 atom stereocenters. The smallest absolute Gasteiger partial charge is 0.0372 e. The van der Waals surface area contributed by atoms with Gasteiger partial charge in [-0.1, -0.05) is 24.3 Å². The fourth-order valence-electron chi connectivity index (χ4n) is 1.28. The fraction of sp³-hybridized carbons (Fsp3) is 0.167. The van der Waals surface area contributed by atoms with Crippen molar-refractivity contribution in [1.29, 1.82) is 0 Å². The molecular weight excluding hydrogens is 189 g/mol. The highest BCUT2D eigenvalue weighted by Crippen LogP contribution is 2.12. The largest absolute Gasteiger partial charge is 0.364 e. The van der Waals surface area contributed by atoms with Gasteiger partial charge in [-0.15, -0.1) is 22.4 Å². The Morgan fingerprint density at radius 2 is 1.57 bits per heavy atom. The number of anilines is 1. The lowest BCUT2D eigenvalue weighted by Gasteiger charge is -2.21. The first-order chi connectivity index (χ1) is 6.77. The summed E-state index contributed by atoms with van der Waals surface area (Å²) in [5.41, 5.74) is 1.20. The van der Waals surface area contributed by atoms with E-state index in [1.54, 1.807) is 0 Å². The molecule has 74 valence electrons. The van der Waals surface area contributed by atoms with E-state index in [9.17, 15) is 0 Å². The molecule has 0 aromatic heterocycles. The monoisotopic (exact) mass is 205 g/mol. The van der Waals surface area contributed by atoms with Crippen molar-refractivity contribution in [1.82, 2.24) is 0 Å². The lowest BCUT2D eigenvalue weighted by atomic mass is 10.3. The number of hydrogen-bond acceptors (Lipinski definition) is 1. The standard InChI is InChI=1S/C12H16NP/c1-3-9-13(10-4-2)11-5-7-12(14)8-6-11/h3-8H,1-2,9-10,14H2. The van der Waals surface area contributed by atoms with Crippen molar-refractivity contribution in [3.05, 3.63) is 49.6 Å². The van der Waals surface area contributed by atoms with Gasteiger partial charge < -0.3 is 4.90 Å². The van der Waals surface area contributed by atoms with E-state index < -0.39 is 0 Å². The molecule has 0 radical (unpaired) electrons. The van der Waals surface area contributed by atoms with Gasteiger partial charge in [-0.05, 0) is 17.4 Å². The van der Waals surface area contributed by atoms with Gasteiger partial charge in [0.1, 0.15) is 0 Å². The first-order valence-electron chi connectivity index (χ1n) is 4.60. The summed E-state index contributed by atoms with van der Waals surface area (Å²) in [6.45, 7) is 9.19. The van der Waals surface area contributed by atoms with Crippen molar-refractivity contribution in [2.45, 2.75) is 0 Å². The Bertz CT molecular complexity index is 293. The molecule has 0 aliphatic carbocycles. The summed E-state index contributed by atoms with van der Waals surface area (Å²) in [6, 6.07) is 8.38. The maximum absolute atomic E-state index is 3.75. The lowest BCUT2D eigenvalue weighted by molar-refractivity contribution is 0.957. The number of benzene rings is 1. The zero-order chi connectivity index (χ0) is 10.4. The summed E-state index contributed by atoms with van der Waals surface area (Å²) in [4.78, 5) is 2.21. The van der Waals surface area contributed by atoms with E-state index in [1.807, 2.05) is 12.2 Å². The molecule has 1 aromatic carbocycles. The maximum atomic E-state index is 3.75. The molecule has 0 spiro atoms. The molecule has 0 amide bonds. The Hall–Kier alpha value is -1.07. The minimum absolute atomic E-state index is 0.849. The highest BCUT2D eigenvalue weighted by atomic mass is 31.0.